The molecule has 3 aromatic rings. The second kappa shape index (κ2) is 7.86. The van der Waals surface area contributed by atoms with E-state index in [0.717, 1.165) is 24.0 Å². The molecule has 0 spiro atoms. The number of benzene rings is 2. The fraction of sp³-hybridized carbons (Fsp3) is 0.250. The van der Waals surface area contributed by atoms with E-state index < -0.39 is 15.4 Å². The van der Waals surface area contributed by atoms with Crippen LogP contribution in [0.25, 0.3) is 11.3 Å². The third-order valence-corrected chi connectivity index (χ3v) is 7.86. The maximum absolute atomic E-state index is 13.2. The van der Waals surface area contributed by atoms with Crippen molar-refractivity contribution in [3.8, 4) is 22.8 Å². The summed E-state index contributed by atoms with van der Waals surface area (Å²) in [6.45, 7) is 0.191. The molecule has 1 N–H and O–H groups in total. The summed E-state index contributed by atoms with van der Waals surface area (Å²) in [5.74, 6) is 1.67. The number of amides is 1. The van der Waals surface area contributed by atoms with E-state index in [-0.39, 0.29) is 17.6 Å². The number of ether oxygens (including phenoxy) is 2. The molecule has 2 aromatic carbocycles. The summed E-state index contributed by atoms with van der Waals surface area (Å²) in [7, 11) is -0.514. The lowest BCUT2D eigenvalue weighted by molar-refractivity contribution is -0.118. The van der Waals surface area contributed by atoms with Crippen LogP contribution in [0.2, 0.25) is 0 Å². The van der Waals surface area contributed by atoms with E-state index in [2.05, 4.69) is 10.3 Å². The third-order valence-electron chi connectivity index (χ3n) is 6.03. The van der Waals surface area contributed by atoms with E-state index in [1.54, 1.807) is 30.3 Å². The van der Waals surface area contributed by atoms with Gasteiger partial charge in [0.15, 0.2) is 11.5 Å². The van der Waals surface area contributed by atoms with Crippen LogP contribution in [0.15, 0.2) is 65.6 Å². The predicted molar refractivity (Wildman–Crippen MR) is 123 cm³/mol. The maximum atomic E-state index is 13.2. The van der Waals surface area contributed by atoms with Gasteiger partial charge in [-0.2, -0.15) is 0 Å². The van der Waals surface area contributed by atoms with Gasteiger partial charge in [-0.3, -0.25) is 4.79 Å². The second-order valence-electron chi connectivity index (χ2n) is 8.32. The Hall–Kier alpha value is -3.43. The maximum Gasteiger partial charge on any atom is 0.242 e. The number of rotatable bonds is 6. The Labute approximate surface area is 192 Å². The van der Waals surface area contributed by atoms with Gasteiger partial charge in [0, 0.05) is 19.7 Å². The highest BCUT2D eigenvalue weighted by Crippen LogP contribution is 2.51. The molecule has 9 heteroatoms. The number of pyridine rings is 1. The molecule has 0 unspecified atom stereocenters. The summed E-state index contributed by atoms with van der Waals surface area (Å²) in [5.41, 5.74) is 1.69. The SMILES string of the molecule is CN(C)S(=O)(=O)c1ccc(-c2cccc(NC(=O)C3(c4ccc5c(c4)OCO5)CC3)n2)cc1. The van der Waals surface area contributed by atoms with Gasteiger partial charge in [-0.25, -0.2) is 17.7 Å². The molecule has 0 saturated heterocycles. The van der Waals surface area contributed by atoms with Gasteiger partial charge in [0.2, 0.25) is 22.7 Å². The minimum atomic E-state index is -3.50. The van der Waals surface area contributed by atoms with E-state index in [4.69, 9.17) is 9.47 Å². The van der Waals surface area contributed by atoms with Gasteiger partial charge in [0.25, 0.3) is 0 Å². The van der Waals surface area contributed by atoms with E-state index in [1.807, 2.05) is 30.3 Å². The summed E-state index contributed by atoms with van der Waals surface area (Å²) in [4.78, 5) is 17.9. The van der Waals surface area contributed by atoms with E-state index in [0.29, 0.717) is 23.0 Å². The molecule has 5 rings (SSSR count). The van der Waals surface area contributed by atoms with Crippen LogP contribution in [-0.4, -0.2) is 44.5 Å². The number of hydrogen-bond acceptors (Lipinski definition) is 6. The van der Waals surface area contributed by atoms with Crippen molar-refractivity contribution >= 4 is 21.7 Å². The standard InChI is InChI=1S/C24H23N3O5S/c1-27(2)33(29,30)18-9-6-16(7-10-18)19-4-3-5-22(25-19)26-23(28)24(12-13-24)17-8-11-20-21(14-17)32-15-31-20/h3-11,14H,12-13,15H2,1-2H3,(H,25,26,28). The molecule has 0 bridgehead atoms. The summed E-state index contributed by atoms with van der Waals surface area (Å²) in [6.07, 6.45) is 1.50. The number of carbonyl (C=O) groups excluding carboxylic acids is 1. The van der Waals surface area contributed by atoms with Crippen LogP contribution >= 0.6 is 0 Å². The molecule has 0 radical (unpaired) electrons. The molecule has 0 atom stereocenters. The summed E-state index contributed by atoms with van der Waals surface area (Å²) < 4.78 is 36.6. The van der Waals surface area contributed by atoms with Crippen molar-refractivity contribution < 1.29 is 22.7 Å². The van der Waals surface area contributed by atoms with Crippen molar-refractivity contribution in [3.63, 3.8) is 0 Å². The Morgan fingerprint density at radius 3 is 2.42 bits per heavy atom. The number of carbonyl (C=O) groups is 1. The number of nitrogens with one attached hydrogen (secondary N) is 1. The van der Waals surface area contributed by atoms with Crippen LogP contribution < -0.4 is 14.8 Å². The van der Waals surface area contributed by atoms with Crippen LogP contribution in [0.1, 0.15) is 18.4 Å². The minimum absolute atomic E-state index is 0.113. The zero-order chi connectivity index (χ0) is 23.2. The number of anilines is 1. The molecule has 170 valence electrons. The normalized spacial score (nSPS) is 16.0. The van der Waals surface area contributed by atoms with Gasteiger partial charge in [-0.05, 0) is 54.8 Å². The number of nitrogens with zero attached hydrogens (tertiary/aromatic N) is 2. The quantitative estimate of drug-likeness (QED) is 0.599. The van der Waals surface area contributed by atoms with Crippen molar-refractivity contribution in [1.29, 1.82) is 0 Å². The Morgan fingerprint density at radius 2 is 1.73 bits per heavy atom. The molecule has 1 aliphatic heterocycles. The smallest absolute Gasteiger partial charge is 0.242 e. The molecule has 1 saturated carbocycles. The molecule has 1 amide bonds. The largest absolute Gasteiger partial charge is 0.454 e. The number of sulfonamides is 1. The van der Waals surface area contributed by atoms with Crippen LogP contribution in [0.5, 0.6) is 11.5 Å². The first-order chi connectivity index (χ1) is 15.8. The zero-order valence-corrected chi connectivity index (χ0v) is 19.1. The van der Waals surface area contributed by atoms with Gasteiger partial charge < -0.3 is 14.8 Å². The highest BCUT2D eigenvalue weighted by Gasteiger charge is 2.51. The summed E-state index contributed by atoms with van der Waals surface area (Å²) in [6, 6.07) is 17.5. The molecule has 1 fully saturated rings. The van der Waals surface area contributed by atoms with E-state index >= 15 is 0 Å². The molecule has 33 heavy (non-hydrogen) atoms. The second-order valence-corrected chi connectivity index (χ2v) is 10.5. The molecule has 1 aliphatic carbocycles. The van der Waals surface area contributed by atoms with Crippen molar-refractivity contribution in [2.24, 2.45) is 0 Å². The predicted octanol–water partition coefficient (Wildman–Crippen LogP) is 3.40. The lowest BCUT2D eigenvalue weighted by Gasteiger charge is -2.16. The minimum Gasteiger partial charge on any atom is -0.454 e. The van der Waals surface area contributed by atoms with E-state index in [9.17, 15) is 13.2 Å². The summed E-state index contributed by atoms with van der Waals surface area (Å²) in [5, 5.41) is 2.95. The summed E-state index contributed by atoms with van der Waals surface area (Å²) >= 11 is 0. The van der Waals surface area contributed by atoms with E-state index in [1.165, 1.54) is 18.4 Å². The Bertz CT molecular complexity index is 1330. The first-order valence-electron chi connectivity index (χ1n) is 10.5. The van der Waals surface area contributed by atoms with Crippen LogP contribution in [0, 0.1) is 0 Å². The molecular formula is C24H23N3O5S. The van der Waals surface area contributed by atoms with Crippen molar-refractivity contribution in [1.82, 2.24) is 9.29 Å². The van der Waals surface area contributed by atoms with Gasteiger partial charge >= 0.3 is 0 Å². The number of aromatic nitrogens is 1. The average Bonchev–Trinajstić information content (AvgIpc) is 3.50. The highest BCUT2D eigenvalue weighted by atomic mass is 32.2. The van der Waals surface area contributed by atoms with Crippen molar-refractivity contribution in [2.45, 2.75) is 23.2 Å². The lowest BCUT2D eigenvalue weighted by atomic mass is 9.94. The van der Waals surface area contributed by atoms with Gasteiger partial charge in [0.1, 0.15) is 5.82 Å². The fourth-order valence-corrected chi connectivity index (χ4v) is 4.78. The van der Waals surface area contributed by atoms with Crippen molar-refractivity contribution in [2.75, 3.05) is 26.2 Å². The average molecular weight is 466 g/mol. The first kappa shape index (κ1) is 21.4. The van der Waals surface area contributed by atoms with Crippen molar-refractivity contribution in [3.05, 3.63) is 66.2 Å². The van der Waals surface area contributed by atoms with Gasteiger partial charge in [0.05, 0.1) is 16.0 Å². The molecule has 2 aliphatic rings. The topological polar surface area (TPSA) is 97.8 Å². The monoisotopic (exact) mass is 465 g/mol. The lowest BCUT2D eigenvalue weighted by Crippen LogP contribution is -2.28. The molecule has 1 aromatic heterocycles. The molecule has 8 nitrogen and oxygen atoms in total. The molecular weight excluding hydrogens is 442 g/mol. The van der Waals surface area contributed by atoms with Crippen LogP contribution in [0.3, 0.4) is 0 Å². The Balaban J connectivity index is 1.35. The number of fused-ring (bicyclic) bond motifs is 1. The van der Waals surface area contributed by atoms with Gasteiger partial charge in [-0.15, -0.1) is 0 Å². The zero-order valence-electron chi connectivity index (χ0n) is 18.2. The number of hydrogen-bond donors (Lipinski definition) is 1. The third kappa shape index (κ3) is 3.83. The Morgan fingerprint density at radius 1 is 1.00 bits per heavy atom. The first-order valence-corrected chi connectivity index (χ1v) is 12.0. The Kier molecular flexibility index (Phi) is 5.10. The van der Waals surface area contributed by atoms with Crippen LogP contribution in [-0.2, 0) is 20.2 Å². The molecule has 2 heterocycles. The van der Waals surface area contributed by atoms with Crippen LogP contribution in [0.4, 0.5) is 5.82 Å². The highest BCUT2D eigenvalue weighted by molar-refractivity contribution is 7.89. The van der Waals surface area contributed by atoms with Gasteiger partial charge in [-0.1, -0.05) is 24.3 Å². The fourth-order valence-electron chi connectivity index (χ4n) is 3.88.